The van der Waals surface area contributed by atoms with Crippen LogP contribution in [0.3, 0.4) is 0 Å². The van der Waals surface area contributed by atoms with Gasteiger partial charge in [0.2, 0.25) is 0 Å². The van der Waals surface area contributed by atoms with E-state index in [1.165, 1.54) is 20.9 Å². The van der Waals surface area contributed by atoms with Gasteiger partial charge in [0.15, 0.2) is 0 Å². The number of benzene rings is 1. The summed E-state index contributed by atoms with van der Waals surface area (Å²) >= 11 is 3.15. The quantitative estimate of drug-likeness (QED) is 0.552. The Bertz CT molecular complexity index is 819. The summed E-state index contributed by atoms with van der Waals surface area (Å²) in [7, 11) is 0. The average Bonchev–Trinajstić information content (AvgIpc) is 3.12. The molecule has 1 aromatic carbocycles. The molecule has 0 spiro atoms. The first-order valence-corrected chi connectivity index (χ1v) is 11.8. The third-order valence-electron chi connectivity index (χ3n) is 5.42. The maximum atomic E-state index is 13.4. The highest BCUT2D eigenvalue weighted by Gasteiger charge is 2.47. The van der Waals surface area contributed by atoms with Crippen LogP contribution < -0.4 is 0 Å². The number of carbonyl (C=O) groups is 3. The molecule has 3 aliphatic rings. The van der Waals surface area contributed by atoms with Crippen molar-refractivity contribution in [2.24, 2.45) is 0 Å². The van der Waals surface area contributed by atoms with E-state index < -0.39 is 17.8 Å². The average molecular weight is 417 g/mol. The predicted molar refractivity (Wildman–Crippen MR) is 113 cm³/mol. The molecule has 4 rings (SSSR count). The Morgan fingerprint density at radius 2 is 1.64 bits per heavy atom. The molecule has 0 atom stereocenters. The summed E-state index contributed by atoms with van der Waals surface area (Å²) in [6.07, 6.45) is 4.01. The zero-order valence-corrected chi connectivity index (χ0v) is 17.6. The molecule has 4 amide bonds. The van der Waals surface area contributed by atoms with Crippen LogP contribution in [0.15, 0.2) is 34.1 Å². The maximum Gasteiger partial charge on any atom is 0.334 e. The number of unbranched alkanes of at least 4 members (excludes halogenated alkanes) is 1. The zero-order valence-electron chi connectivity index (χ0n) is 16.0. The van der Waals surface area contributed by atoms with Gasteiger partial charge in [0, 0.05) is 12.6 Å². The molecule has 1 aromatic rings. The number of imide groups is 2. The molecule has 2 heterocycles. The lowest BCUT2D eigenvalue weighted by atomic mass is 10.1. The zero-order chi connectivity index (χ0) is 19.7. The molecule has 0 bridgehead atoms. The van der Waals surface area contributed by atoms with Crippen LogP contribution in [0.25, 0.3) is 0 Å². The van der Waals surface area contributed by atoms with Crippen LogP contribution in [-0.4, -0.2) is 51.7 Å². The van der Waals surface area contributed by atoms with Gasteiger partial charge in [-0.1, -0.05) is 37.6 Å². The first-order chi connectivity index (χ1) is 13.6. The Labute approximate surface area is 173 Å². The summed E-state index contributed by atoms with van der Waals surface area (Å²) in [5.41, 5.74) is 2.57. The number of urea groups is 1. The lowest BCUT2D eigenvalue weighted by molar-refractivity contribution is -0.137. The van der Waals surface area contributed by atoms with Crippen LogP contribution in [0, 0.1) is 0 Å². The summed E-state index contributed by atoms with van der Waals surface area (Å²) in [5.74, 6) is 0.999. The fourth-order valence-corrected chi connectivity index (χ4v) is 6.56. The van der Waals surface area contributed by atoms with Gasteiger partial charge in [-0.2, -0.15) is 0 Å². The Morgan fingerprint density at radius 3 is 2.25 bits per heavy atom. The van der Waals surface area contributed by atoms with Crippen molar-refractivity contribution in [3.8, 4) is 0 Å². The number of amides is 4. The molecule has 2 aliphatic heterocycles. The van der Waals surface area contributed by atoms with Crippen molar-refractivity contribution < 1.29 is 14.4 Å². The summed E-state index contributed by atoms with van der Waals surface area (Å²) in [6, 6.07) is 7.42. The molecule has 1 aliphatic carbocycles. The van der Waals surface area contributed by atoms with E-state index in [-0.39, 0.29) is 11.6 Å². The van der Waals surface area contributed by atoms with E-state index in [9.17, 15) is 14.4 Å². The number of hydrogen-bond donors (Lipinski definition) is 0. The van der Waals surface area contributed by atoms with Crippen molar-refractivity contribution in [1.82, 2.24) is 9.80 Å². The Morgan fingerprint density at radius 1 is 1.00 bits per heavy atom. The third-order valence-corrected chi connectivity index (χ3v) is 8.04. The molecular formula is C21H24N2O3S2. The minimum Gasteiger partial charge on any atom is -0.268 e. The first kappa shape index (κ1) is 19.6. The number of fused-ring (bicyclic) bond motifs is 1. The second-order valence-electron chi connectivity index (χ2n) is 7.31. The molecule has 2 fully saturated rings. The molecule has 0 unspecified atom stereocenters. The summed E-state index contributed by atoms with van der Waals surface area (Å²) in [6.45, 7) is 2.39. The van der Waals surface area contributed by atoms with E-state index in [4.69, 9.17) is 0 Å². The van der Waals surface area contributed by atoms with Gasteiger partial charge in [-0.05, 0) is 48.3 Å². The fraction of sp³-hybridized carbons (Fsp3) is 0.476. The van der Waals surface area contributed by atoms with Gasteiger partial charge in [-0.25, -0.2) is 4.79 Å². The lowest BCUT2D eigenvalue weighted by Crippen LogP contribution is -2.60. The number of rotatable bonds is 4. The highest BCUT2D eigenvalue weighted by molar-refractivity contribution is 8.22. The number of hydrogen-bond acceptors (Lipinski definition) is 5. The number of carbonyl (C=O) groups excluding carboxylic acids is 3. The Kier molecular flexibility index (Phi) is 5.83. The van der Waals surface area contributed by atoms with Crippen LogP contribution in [-0.2, 0) is 22.4 Å². The van der Waals surface area contributed by atoms with Crippen molar-refractivity contribution >= 4 is 41.4 Å². The van der Waals surface area contributed by atoms with Crippen LogP contribution in [0.5, 0.6) is 0 Å². The van der Waals surface area contributed by atoms with Gasteiger partial charge in [-0.3, -0.25) is 19.4 Å². The molecule has 28 heavy (non-hydrogen) atoms. The van der Waals surface area contributed by atoms with E-state index in [1.54, 1.807) is 23.5 Å². The van der Waals surface area contributed by atoms with Crippen molar-refractivity contribution in [3.63, 3.8) is 0 Å². The van der Waals surface area contributed by atoms with E-state index in [0.717, 1.165) is 35.0 Å². The highest BCUT2D eigenvalue weighted by Crippen LogP contribution is 2.40. The maximum absolute atomic E-state index is 13.4. The molecule has 0 radical (unpaired) electrons. The fourth-order valence-electron chi connectivity index (χ4n) is 3.95. The Hall–Kier alpha value is -1.73. The molecule has 0 aromatic heterocycles. The van der Waals surface area contributed by atoms with Gasteiger partial charge in [0.1, 0.15) is 5.57 Å². The largest absolute Gasteiger partial charge is 0.334 e. The van der Waals surface area contributed by atoms with E-state index in [1.807, 2.05) is 19.1 Å². The van der Waals surface area contributed by atoms with E-state index in [0.29, 0.717) is 19.4 Å². The highest BCUT2D eigenvalue weighted by atomic mass is 32.2. The van der Waals surface area contributed by atoms with E-state index >= 15 is 0 Å². The number of nitrogens with zero attached hydrogens (tertiary/aromatic N) is 2. The molecule has 2 saturated heterocycles. The molecule has 7 heteroatoms. The van der Waals surface area contributed by atoms with Gasteiger partial charge >= 0.3 is 6.03 Å². The molecule has 148 valence electrons. The van der Waals surface area contributed by atoms with Crippen molar-refractivity contribution in [1.29, 1.82) is 0 Å². The predicted octanol–water partition coefficient (Wildman–Crippen LogP) is 3.83. The standard InChI is InChI=1S/C21H24N2O3S2/c1-2-3-9-22-18(24)17(20-27-10-6-11-28-20)19(25)23(21(22)26)16-12-14-7-4-5-8-15(14)13-16/h4-5,7-8,16H,2-3,6,9-13H2,1H3. The second kappa shape index (κ2) is 8.33. The number of barbiturate groups is 1. The lowest BCUT2D eigenvalue weighted by Gasteiger charge is -2.38. The van der Waals surface area contributed by atoms with Crippen LogP contribution in [0.1, 0.15) is 37.3 Å². The smallest absolute Gasteiger partial charge is 0.268 e. The van der Waals surface area contributed by atoms with Crippen LogP contribution >= 0.6 is 23.5 Å². The molecular weight excluding hydrogens is 392 g/mol. The topological polar surface area (TPSA) is 57.7 Å². The normalized spacial score (nSPS) is 21.0. The molecule has 5 nitrogen and oxygen atoms in total. The third kappa shape index (κ3) is 3.50. The van der Waals surface area contributed by atoms with Gasteiger partial charge in [0.25, 0.3) is 11.8 Å². The summed E-state index contributed by atoms with van der Waals surface area (Å²) in [4.78, 5) is 42.3. The Balaban J connectivity index is 1.69. The number of thioether (sulfide) groups is 2. The molecule has 0 N–H and O–H groups in total. The van der Waals surface area contributed by atoms with Crippen molar-refractivity contribution in [2.75, 3.05) is 18.1 Å². The molecule has 0 saturated carbocycles. The van der Waals surface area contributed by atoms with Gasteiger partial charge < -0.3 is 0 Å². The first-order valence-electron chi connectivity index (χ1n) is 9.87. The summed E-state index contributed by atoms with van der Waals surface area (Å²) < 4.78 is 0.788. The summed E-state index contributed by atoms with van der Waals surface area (Å²) in [5, 5.41) is 0. The van der Waals surface area contributed by atoms with Crippen LogP contribution in [0.2, 0.25) is 0 Å². The second-order valence-corrected chi connectivity index (χ2v) is 9.78. The van der Waals surface area contributed by atoms with E-state index in [2.05, 4.69) is 12.1 Å². The van der Waals surface area contributed by atoms with Gasteiger partial charge in [-0.15, -0.1) is 23.5 Å². The van der Waals surface area contributed by atoms with Crippen LogP contribution in [0.4, 0.5) is 4.79 Å². The van der Waals surface area contributed by atoms with Crippen molar-refractivity contribution in [2.45, 2.75) is 45.1 Å². The minimum absolute atomic E-state index is 0.210. The van der Waals surface area contributed by atoms with Crippen molar-refractivity contribution in [3.05, 3.63) is 45.2 Å². The monoisotopic (exact) mass is 416 g/mol. The minimum atomic E-state index is -0.448. The van der Waals surface area contributed by atoms with Gasteiger partial charge in [0.05, 0.1) is 4.24 Å². The SMILES string of the molecule is CCCCN1C(=O)C(=C2SCCCS2)C(=O)N(C2Cc3ccccc3C2)C1=O.